The van der Waals surface area contributed by atoms with Crippen molar-refractivity contribution >= 4 is 21.8 Å². The molecule has 0 N–H and O–H groups in total. The maximum absolute atomic E-state index is 12.8. The molecule has 1 saturated carbocycles. The van der Waals surface area contributed by atoms with E-state index in [0.29, 0.717) is 40.1 Å². The van der Waals surface area contributed by atoms with Gasteiger partial charge in [-0.05, 0) is 60.5 Å². The monoisotopic (exact) mass is 420 g/mol. The normalized spacial score (nSPS) is 22.3. The number of ether oxygens (including phenoxy) is 2. The molecular formula is C20H25BrN2O3. The zero-order valence-electron chi connectivity index (χ0n) is 15.2. The molecular weight excluding hydrogens is 396 g/mol. The third kappa shape index (κ3) is 4.15. The predicted molar refractivity (Wildman–Crippen MR) is 102 cm³/mol. The molecule has 2 aliphatic rings. The van der Waals surface area contributed by atoms with Crippen LogP contribution in [0, 0.1) is 17.2 Å². The van der Waals surface area contributed by atoms with Crippen molar-refractivity contribution in [1.82, 2.24) is 4.90 Å². The summed E-state index contributed by atoms with van der Waals surface area (Å²) in [5.41, 5.74) is 0.486. The first-order valence-electron chi connectivity index (χ1n) is 9.42. The van der Waals surface area contributed by atoms with E-state index in [4.69, 9.17) is 14.7 Å². The zero-order valence-corrected chi connectivity index (χ0v) is 16.8. The first-order chi connectivity index (χ1) is 12.6. The van der Waals surface area contributed by atoms with E-state index in [1.165, 1.54) is 25.7 Å². The van der Waals surface area contributed by atoms with E-state index < -0.39 is 0 Å². The van der Waals surface area contributed by atoms with Crippen molar-refractivity contribution in [3.63, 3.8) is 0 Å². The fraction of sp³-hybridized carbons (Fsp3) is 0.600. The Hall–Kier alpha value is -1.74. The number of halogens is 1. The van der Waals surface area contributed by atoms with Crippen LogP contribution in [0.3, 0.4) is 0 Å². The van der Waals surface area contributed by atoms with Gasteiger partial charge in [0, 0.05) is 18.7 Å². The molecule has 26 heavy (non-hydrogen) atoms. The van der Waals surface area contributed by atoms with Gasteiger partial charge < -0.3 is 14.4 Å². The van der Waals surface area contributed by atoms with Crippen LogP contribution in [-0.4, -0.2) is 36.6 Å². The standard InChI is InChI=1S/C20H25BrN2O3/c1-2-25-18-11-14(12-22)10-16(21)20(18)26-13-19(24)23-9-5-7-15-6-3-4-8-17(15)23/h10-11,15,17H,2-9,13H2,1H3/t15-,17-/m0/s1. The quantitative estimate of drug-likeness (QED) is 0.712. The molecule has 2 fully saturated rings. The highest BCUT2D eigenvalue weighted by molar-refractivity contribution is 9.10. The largest absolute Gasteiger partial charge is 0.490 e. The Balaban J connectivity index is 1.70. The molecule has 1 aliphatic heterocycles. The third-order valence-electron chi connectivity index (χ3n) is 5.34. The van der Waals surface area contributed by atoms with Crippen LogP contribution in [0.5, 0.6) is 11.5 Å². The highest BCUT2D eigenvalue weighted by Gasteiger charge is 2.35. The molecule has 5 nitrogen and oxygen atoms in total. The van der Waals surface area contributed by atoms with E-state index in [-0.39, 0.29) is 12.5 Å². The van der Waals surface area contributed by atoms with Crippen LogP contribution >= 0.6 is 15.9 Å². The highest BCUT2D eigenvalue weighted by atomic mass is 79.9. The maximum atomic E-state index is 12.8. The molecule has 2 atom stereocenters. The number of amides is 1. The summed E-state index contributed by atoms with van der Waals surface area (Å²) in [5.74, 6) is 1.67. The number of benzene rings is 1. The molecule has 6 heteroatoms. The van der Waals surface area contributed by atoms with Gasteiger partial charge in [-0.3, -0.25) is 4.79 Å². The van der Waals surface area contributed by atoms with Crippen LogP contribution in [0.25, 0.3) is 0 Å². The molecule has 0 aromatic heterocycles. The topological polar surface area (TPSA) is 62.6 Å². The van der Waals surface area contributed by atoms with E-state index in [0.717, 1.165) is 19.4 Å². The van der Waals surface area contributed by atoms with E-state index in [1.807, 2.05) is 11.8 Å². The number of hydrogen-bond donors (Lipinski definition) is 0. The smallest absolute Gasteiger partial charge is 0.260 e. The number of carbonyl (C=O) groups is 1. The lowest BCUT2D eigenvalue weighted by Crippen LogP contribution is -2.51. The van der Waals surface area contributed by atoms with E-state index in [9.17, 15) is 4.79 Å². The molecule has 0 bridgehead atoms. The first kappa shape index (κ1) is 19.0. The number of fused-ring (bicyclic) bond motifs is 1. The highest BCUT2D eigenvalue weighted by Crippen LogP contribution is 2.38. The SMILES string of the molecule is CCOc1cc(C#N)cc(Br)c1OCC(=O)N1CCC[C@@H]2CCCC[C@@H]21. The average Bonchev–Trinajstić information content (AvgIpc) is 2.66. The van der Waals surface area contributed by atoms with E-state index >= 15 is 0 Å². The average molecular weight is 421 g/mol. The minimum Gasteiger partial charge on any atom is -0.490 e. The summed E-state index contributed by atoms with van der Waals surface area (Å²) in [6.45, 7) is 3.16. The van der Waals surface area contributed by atoms with Gasteiger partial charge in [-0.2, -0.15) is 5.26 Å². The molecule has 140 valence electrons. The summed E-state index contributed by atoms with van der Waals surface area (Å²) in [4.78, 5) is 14.9. The van der Waals surface area contributed by atoms with Crippen LogP contribution in [0.1, 0.15) is 51.0 Å². The molecule has 1 saturated heterocycles. The second-order valence-corrected chi connectivity index (χ2v) is 7.81. The second kappa shape index (κ2) is 8.77. The minimum atomic E-state index is -0.00616. The van der Waals surface area contributed by atoms with E-state index in [1.54, 1.807) is 12.1 Å². The molecule has 1 amide bonds. The zero-order chi connectivity index (χ0) is 18.5. The molecule has 1 aromatic rings. The predicted octanol–water partition coefficient (Wildman–Crippen LogP) is 4.28. The number of nitrogens with zero attached hydrogens (tertiary/aromatic N) is 2. The van der Waals surface area contributed by atoms with Crippen LogP contribution < -0.4 is 9.47 Å². The van der Waals surface area contributed by atoms with Gasteiger partial charge in [-0.25, -0.2) is 0 Å². The minimum absolute atomic E-state index is 0.00616. The van der Waals surface area contributed by atoms with Gasteiger partial charge in [-0.1, -0.05) is 12.8 Å². The van der Waals surface area contributed by atoms with Gasteiger partial charge in [0.25, 0.3) is 5.91 Å². The number of likely N-dealkylation sites (tertiary alicyclic amines) is 1. The lowest BCUT2D eigenvalue weighted by atomic mass is 9.78. The van der Waals surface area contributed by atoms with Gasteiger partial charge >= 0.3 is 0 Å². The van der Waals surface area contributed by atoms with Gasteiger partial charge in [0.2, 0.25) is 0 Å². The fourth-order valence-electron chi connectivity index (χ4n) is 4.19. The third-order valence-corrected chi connectivity index (χ3v) is 5.93. The number of piperidine rings is 1. The summed E-state index contributed by atoms with van der Waals surface area (Å²) >= 11 is 3.43. The summed E-state index contributed by atoms with van der Waals surface area (Å²) < 4.78 is 12.1. The van der Waals surface area contributed by atoms with Crippen molar-refractivity contribution < 1.29 is 14.3 Å². The summed E-state index contributed by atoms with van der Waals surface area (Å²) in [6, 6.07) is 5.81. The maximum Gasteiger partial charge on any atom is 0.260 e. The summed E-state index contributed by atoms with van der Waals surface area (Å²) in [5, 5.41) is 9.12. The van der Waals surface area contributed by atoms with Crippen molar-refractivity contribution in [3.8, 4) is 17.6 Å². The summed E-state index contributed by atoms with van der Waals surface area (Å²) in [6.07, 6.45) is 7.17. The second-order valence-electron chi connectivity index (χ2n) is 6.96. The molecule has 0 unspecified atom stereocenters. The van der Waals surface area contributed by atoms with Gasteiger partial charge in [0.15, 0.2) is 18.1 Å². The Morgan fingerprint density at radius 2 is 2.04 bits per heavy atom. The van der Waals surface area contributed by atoms with Gasteiger partial charge in [0.05, 0.1) is 22.7 Å². The van der Waals surface area contributed by atoms with Crippen LogP contribution in [0.15, 0.2) is 16.6 Å². The van der Waals surface area contributed by atoms with Gasteiger partial charge in [-0.15, -0.1) is 0 Å². The Bertz CT molecular complexity index is 699. The number of nitriles is 1. The summed E-state index contributed by atoms with van der Waals surface area (Å²) in [7, 11) is 0. The number of rotatable bonds is 5. The van der Waals surface area contributed by atoms with Crippen molar-refractivity contribution in [3.05, 3.63) is 22.2 Å². The molecule has 0 spiro atoms. The molecule has 1 heterocycles. The van der Waals surface area contributed by atoms with Crippen LogP contribution in [-0.2, 0) is 4.79 Å². The fourth-order valence-corrected chi connectivity index (χ4v) is 4.74. The number of carbonyl (C=O) groups excluding carboxylic acids is 1. The number of hydrogen-bond acceptors (Lipinski definition) is 4. The van der Waals surface area contributed by atoms with Crippen molar-refractivity contribution in [1.29, 1.82) is 5.26 Å². The Kier molecular flexibility index (Phi) is 6.42. The first-order valence-corrected chi connectivity index (χ1v) is 10.2. The van der Waals surface area contributed by atoms with Crippen molar-refractivity contribution in [2.45, 2.75) is 51.5 Å². The Morgan fingerprint density at radius 1 is 1.27 bits per heavy atom. The van der Waals surface area contributed by atoms with Crippen molar-refractivity contribution in [2.75, 3.05) is 19.8 Å². The molecule has 3 rings (SSSR count). The van der Waals surface area contributed by atoms with Crippen LogP contribution in [0.2, 0.25) is 0 Å². The van der Waals surface area contributed by atoms with Crippen molar-refractivity contribution in [2.24, 2.45) is 5.92 Å². The van der Waals surface area contributed by atoms with Crippen LogP contribution in [0.4, 0.5) is 0 Å². The Labute approximate surface area is 163 Å². The lowest BCUT2D eigenvalue weighted by molar-refractivity contribution is -0.139. The molecule has 1 aliphatic carbocycles. The van der Waals surface area contributed by atoms with Gasteiger partial charge in [0.1, 0.15) is 0 Å². The Morgan fingerprint density at radius 3 is 2.81 bits per heavy atom. The molecule has 1 aromatic carbocycles. The van der Waals surface area contributed by atoms with E-state index in [2.05, 4.69) is 22.0 Å². The molecule has 0 radical (unpaired) electrons. The lowest BCUT2D eigenvalue weighted by Gasteiger charge is -2.44.